The van der Waals surface area contributed by atoms with Crippen LogP contribution in [0.25, 0.3) is 5.69 Å². The van der Waals surface area contributed by atoms with E-state index in [9.17, 15) is 17.3 Å². The van der Waals surface area contributed by atoms with E-state index in [4.69, 9.17) is 9.47 Å². The summed E-state index contributed by atoms with van der Waals surface area (Å²) in [6.07, 6.45) is 5.58. The van der Waals surface area contributed by atoms with Gasteiger partial charge in [0.05, 0.1) is 14.2 Å². The summed E-state index contributed by atoms with van der Waals surface area (Å²) in [5.41, 5.74) is 0.892. The van der Waals surface area contributed by atoms with Gasteiger partial charge in [-0.25, -0.2) is 4.98 Å². The number of halogens is 4. The van der Waals surface area contributed by atoms with Crippen molar-refractivity contribution in [2.24, 2.45) is 0 Å². The first-order chi connectivity index (χ1) is 9.36. The van der Waals surface area contributed by atoms with Gasteiger partial charge >= 0.3 is 7.25 Å². The fourth-order valence-electron chi connectivity index (χ4n) is 1.51. The normalized spacial score (nSPS) is 10.5. The van der Waals surface area contributed by atoms with Crippen LogP contribution in [0.3, 0.4) is 0 Å². The highest BCUT2D eigenvalue weighted by molar-refractivity contribution is 6.50. The van der Waals surface area contributed by atoms with Gasteiger partial charge in [-0.1, -0.05) is 6.07 Å². The van der Waals surface area contributed by atoms with Gasteiger partial charge in [0.1, 0.15) is 12.4 Å². The van der Waals surface area contributed by atoms with Crippen LogP contribution in [0.2, 0.25) is 0 Å². The fraction of sp³-hybridized carbons (Fsp3) is 0.182. The second kappa shape index (κ2) is 6.83. The van der Waals surface area contributed by atoms with Crippen LogP contribution in [0.5, 0.6) is 11.5 Å². The van der Waals surface area contributed by atoms with Gasteiger partial charge in [-0.3, -0.25) is 0 Å². The first kappa shape index (κ1) is 15.9. The molecule has 2 rings (SSSR count). The van der Waals surface area contributed by atoms with E-state index < -0.39 is 7.25 Å². The lowest BCUT2D eigenvalue weighted by Gasteiger charge is -2.08. The van der Waals surface area contributed by atoms with E-state index in [1.54, 1.807) is 14.2 Å². The van der Waals surface area contributed by atoms with Gasteiger partial charge in [-0.15, -0.1) is 0 Å². The van der Waals surface area contributed by atoms with E-state index >= 15 is 0 Å². The molecule has 9 heteroatoms. The molecule has 0 aliphatic rings. The highest BCUT2D eigenvalue weighted by atomic mass is 19.5. The lowest BCUT2D eigenvalue weighted by atomic mass is 10.2. The summed E-state index contributed by atoms with van der Waals surface area (Å²) in [5, 5.41) is 0. The van der Waals surface area contributed by atoms with Crippen LogP contribution in [-0.4, -0.2) is 26.5 Å². The van der Waals surface area contributed by atoms with E-state index in [1.807, 2.05) is 41.5 Å². The Labute approximate surface area is 113 Å². The fourth-order valence-corrected chi connectivity index (χ4v) is 1.51. The van der Waals surface area contributed by atoms with E-state index in [2.05, 4.69) is 4.98 Å². The van der Waals surface area contributed by atoms with Gasteiger partial charge in [0.2, 0.25) is 12.0 Å². The van der Waals surface area contributed by atoms with Gasteiger partial charge in [-0.2, -0.15) is 4.57 Å². The third-order valence-corrected chi connectivity index (χ3v) is 2.20. The lowest BCUT2D eigenvalue weighted by Crippen LogP contribution is -2.28. The minimum absolute atomic E-state index is 0.777. The molecule has 0 aliphatic carbocycles. The Morgan fingerprint density at radius 2 is 1.55 bits per heavy atom. The van der Waals surface area contributed by atoms with E-state index in [0.717, 1.165) is 17.2 Å². The number of methoxy groups -OCH3 is 2. The van der Waals surface area contributed by atoms with Crippen LogP contribution >= 0.6 is 0 Å². The number of rotatable bonds is 3. The number of hydrogen-bond acceptors (Lipinski definition) is 2. The van der Waals surface area contributed by atoms with Crippen molar-refractivity contribution in [2.75, 3.05) is 14.2 Å². The summed E-state index contributed by atoms with van der Waals surface area (Å²) in [4.78, 5) is 2.98. The Kier molecular flexibility index (Phi) is 5.42. The zero-order valence-electron chi connectivity index (χ0n) is 10.8. The van der Waals surface area contributed by atoms with E-state index in [1.165, 1.54) is 0 Å². The molecule has 0 bridgehead atoms. The molecule has 1 N–H and O–H groups in total. The number of para-hydroxylation sites is 1. The van der Waals surface area contributed by atoms with Crippen LogP contribution in [0, 0.1) is 0 Å². The Morgan fingerprint density at radius 3 is 1.90 bits per heavy atom. The quantitative estimate of drug-likeness (QED) is 0.536. The zero-order chi connectivity index (χ0) is 15.2. The van der Waals surface area contributed by atoms with Crippen LogP contribution in [0.1, 0.15) is 0 Å². The molecule has 0 aliphatic heterocycles. The molecule has 4 nitrogen and oxygen atoms in total. The van der Waals surface area contributed by atoms with Crippen molar-refractivity contribution >= 4 is 7.25 Å². The number of benzene rings is 1. The second-order valence-electron chi connectivity index (χ2n) is 3.52. The summed E-state index contributed by atoms with van der Waals surface area (Å²) in [7, 11) is -2.71. The number of H-pyrrole nitrogens is 1. The minimum Gasteiger partial charge on any atom is -0.492 e. The van der Waals surface area contributed by atoms with E-state index in [-0.39, 0.29) is 0 Å². The average Bonchev–Trinajstić information content (AvgIpc) is 2.89. The third-order valence-electron chi connectivity index (χ3n) is 2.20. The summed E-state index contributed by atoms with van der Waals surface area (Å²) in [6.45, 7) is 0. The third kappa shape index (κ3) is 4.83. The van der Waals surface area contributed by atoms with Crippen molar-refractivity contribution in [1.82, 2.24) is 4.98 Å². The molecule has 0 radical (unpaired) electrons. The standard InChI is InChI=1S/C11H12N2O2.BF4/c1-14-9-4-3-5-10(15-2)11(9)13-7-6-12-8-13;2-1(3,4)5/h3-8H,1-2H3;/q;-1/p+1. The van der Waals surface area contributed by atoms with Gasteiger partial charge in [0.15, 0.2) is 11.5 Å². The van der Waals surface area contributed by atoms with Crippen molar-refractivity contribution in [1.29, 1.82) is 0 Å². The predicted molar refractivity (Wildman–Crippen MR) is 65.6 cm³/mol. The minimum atomic E-state index is -6.00. The number of hydrogen-bond donors (Lipinski definition) is 1. The molecule has 0 amide bonds. The molecule has 0 unspecified atom stereocenters. The van der Waals surface area contributed by atoms with Gasteiger partial charge in [0, 0.05) is 0 Å². The monoisotopic (exact) mass is 292 g/mol. The molecule has 20 heavy (non-hydrogen) atoms. The molecule has 0 atom stereocenters. The first-order valence-electron chi connectivity index (χ1n) is 5.49. The topological polar surface area (TPSA) is 38.1 Å². The van der Waals surface area contributed by atoms with Crippen molar-refractivity contribution in [3.05, 3.63) is 36.9 Å². The summed E-state index contributed by atoms with van der Waals surface area (Å²) >= 11 is 0. The molecule has 0 saturated carbocycles. The molecule has 1 aromatic heterocycles. The van der Waals surface area contributed by atoms with Crippen molar-refractivity contribution in [3.63, 3.8) is 0 Å². The highest BCUT2D eigenvalue weighted by Gasteiger charge is 2.20. The van der Waals surface area contributed by atoms with Crippen LogP contribution in [-0.2, 0) is 0 Å². The average molecular weight is 292 g/mol. The molecule has 1 aromatic carbocycles. The SMILES string of the molecule is COc1cccc(OC)c1-[n+]1cc[nH]c1.F[B-](F)(F)F. The largest absolute Gasteiger partial charge is 0.673 e. The number of aromatic amines is 1. The first-order valence-corrected chi connectivity index (χ1v) is 5.49. The summed E-state index contributed by atoms with van der Waals surface area (Å²) < 4.78 is 51.5. The maximum absolute atomic E-state index is 9.75. The van der Waals surface area contributed by atoms with Crippen LogP contribution in [0.15, 0.2) is 36.9 Å². The number of nitrogens with zero attached hydrogens (tertiary/aromatic N) is 1. The molecular formula is C11H13BF4N2O2. The molecule has 0 saturated heterocycles. The Hall–Kier alpha value is -2.19. The molecular weight excluding hydrogens is 279 g/mol. The molecule has 0 fully saturated rings. The molecule has 2 aromatic rings. The van der Waals surface area contributed by atoms with Crippen LogP contribution in [0.4, 0.5) is 17.3 Å². The Balaban J connectivity index is 0.000000347. The molecule has 0 spiro atoms. The smallest absolute Gasteiger partial charge is 0.492 e. The summed E-state index contributed by atoms with van der Waals surface area (Å²) in [6, 6.07) is 5.70. The number of nitrogens with one attached hydrogen (secondary N) is 1. The van der Waals surface area contributed by atoms with Crippen LogP contribution < -0.4 is 14.0 Å². The molecule has 1 heterocycles. The highest BCUT2D eigenvalue weighted by Crippen LogP contribution is 2.27. The number of ether oxygens (including phenoxy) is 2. The van der Waals surface area contributed by atoms with E-state index in [0.29, 0.717) is 0 Å². The second-order valence-corrected chi connectivity index (χ2v) is 3.52. The maximum atomic E-state index is 9.75. The Morgan fingerprint density at radius 1 is 1.05 bits per heavy atom. The summed E-state index contributed by atoms with van der Waals surface area (Å²) in [5.74, 6) is 1.55. The maximum Gasteiger partial charge on any atom is 0.673 e. The van der Waals surface area contributed by atoms with Crippen molar-refractivity contribution in [3.8, 4) is 17.2 Å². The van der Waals surface area contributed by atoms with Gasteiger partial charge in [-0.05, 0) is 12.1 Å². The number of imidazole rings is 1. The Bertz CT molecular complexity index is 503. The predicted octanol–water partition coefficient (Wildman–Crippen LogP) is 2.61. The lowest BCUT2D eigenvalue weighted by molar-refractivity contribution is -0.595. The van der Waals surface area contributed by atoms with Crippen molar-refractivity contribution < 1.29 is 31.3 Å². The molecule has 110 valence electrons. The van der Waals surface area contributed by atoms with Crippen molar-refractivity contribution in [2.45, 2.75) is 0 Å². The number of aromatic nitrogens is 2. The van der Waals surface area contributed by atoms with Gasteiger partial charge < -0.3 is 26.7 Å². The van der Waals surface area contributed by atoms with Gasteiger partial charge in [0.25, 0.3) is 0 Å². The zero-order valence-corrected chi connectivity index (χ0v) is 10.8.